The first kappa shape index (κ1) is 15.4. The Kier molecular flexibility index (Phi) is 7.93. The third kappa shape index (κ3) is 5.78. The van der Waals surface area contributed by atoms with E-state index in [2.05, 4.69) is 29.6 Å². The Labute approximate surface area is 109 Å². The highest BCUT2D eigenvalue weighted by atomic mass is 16.6. The average Bonchev–Trinajstić information content (AvgIpc) is 2.40. The van der Waals surface area contributed by atoms with Crippen molar-refractivity contribution in [2.45, 2.75) is 38.5 Å². The van der Waals surface area contributed by atoms with E-state index < -0.39 is 6.29 Å². The minimum Gasteiger partial charge on any atom is -0.395 e. The number of ether oxygens (including phenoxy) is 1. The lowest BCUT2D eigenvalue weighted by Crippen LogP contribution is -2.42. The van der Waals surface area contributed by atoms with E-state index in [1.165, 1.54) is 0 Å². The van der Waals surface area contributed by atoms with Crippen molar-refractivity contribution in [1.82, 2.24) is 5.32 Å². The van der Waals surface area contributed by atoms with Gasteiger partial charge in [-0.2, -0.15) is 0 Å². The van der Waals surface area contributed by atoms with Gasteiger partial charge in [-0.15, -0.1) is 0 Å². The molecule has 0 amide bonds. The lowest BCUT2D eigenvalue weighted by Gasteiger charge is -2.25. The van der Waals surface area contributed by atoms with Crippen LogP contribution in [0.3, 0.4) is 0 Å². The molecule has 3 N–H and O–H groups in total. The second-order valence-corrected chi connectivity index (χ2v) is 4.52. The molecule has 0 aliphatic heterocycles. The largest absolute Gasteiger partial charge is 0.395 e. The molecule has 1 aliphatic carbocycles. The molecule has 1 unspecified atom stereocenters. The zero-order valence-electron chi connectivity index (χ0n) is 11.1. The molecule has 0 aromatic rings. The maximum absolute atomic E-state index is 9.87. The van der Waals surface area contributed by atoms with Gasteiger partial charge in [0.2, 0.25) is 0 Å². The molecule has 0 saturated heterocycles. The minimum atomic E-state index is -0.801. The lowest BCUT2D eigenvalue weighted by atomic mass is 9.93. The molecule has 0 bridgehead atoms. The molecule has 0 spiro atoms. The zero-order valence-corrected chi connectivity index (χ0v) is 11.1. The van der Waals surface area contributed by atoms with Crippen molar-refractivity contribution in [2.75, 3.05) is 19.8 Å². The molecule has 0 heterocycles. The first-order chi connectivity index (χ1) is 8.77. The summed E-state index contributed by atoms with van der Waals surface area (Å²) in [5.41, 5.74) is 0. The van der Waals surface area contributed by atoms with E-state index in [1.54, 1.807) is 0 Å². The summed E-state index contributed by atoms with van der Waals surface area (Å²) in [7, 11) is 0. The summed E-state index contributed by atoms with van der Waals surface area (Å²) < 4.78 is 5.22. The third-order valence-electron chi connectivity index (χ3n) is 3.12. The second-order valence-electron chi connectivity index (χ2n) is 4.52. The van der Waals surface area contributed by atoms with Crippen molar-refractivity contribution < 1.29 is 14.9 Å². The van der Waals surface area contributed by atoms with Crippen LogP contribution in [0.4, 0.5) is 0 Å². The molecule has 4 nitrogen and oxygen atoms in total. The van der Waals surface area contributed by atoms with Crippen LogP contribution in [0, 0.1) is 5.92 Å². The predicted octanol–water partition coefficient (Wildman–Crippen LogP) is 1.20. The topological polar surface area (TPSA) is 61.7 Å². The first-order valence-electron chi connectivity index (χ1n) is 6.75. The standard InChI is InChI=1S/C14H25NO3/c1-2-18-14(17)13(15-10-11-16)9-8-12-6-4-3-5-7-12/h3-6,12-17H,2,7-11H2,1H3/t12-,13-,14?/m0/s1. The Morgan fingerprint density at radius 2 is 2.28 bits per heavy atom. The highest BCUT2D eigenvalue weighted by Gasteiger charge is 2.19. The van der Waals surface area contributed by atoms with Crippen LogP contribution >= 0.6 is 0 Å². The van der Waals surface area contributed by atoms with Gasteiger partial charge in [-0.05, 0) is 32.1 Å². The summed E-state index contributed by atoms with van der Waals surface area (Å²) in [5, 5.41) is 21.8. The molecule has 0 aromatic carbocycles. The van der Waals surface area contributed by atoms with Crippen molar-refractivity contribution in [3.8, 4) is 0 Å². The molecule has 0 aromatic heterocycles. The fraction of sp³-hybridized carbons (Fsp3) is 0.714. The summed E-state index contributed by atoms with van der Waals surface area (Å²) in [6.45, 7) is 2.90. The van der Waals surface area contributed by atoms with Gasteiger partial charge in [-0.25, -0.2) is 0 Å². The predicted molar refractivity (Wildman–Crippen MR) is 72.1 cm³/mol. The van der Waals surface area contributed by atoms with E-state index in [-0.39, 0.29) is 12.6 Å². The quantitative estimate of drug-likeness (QED) is 0.542. The van der Waals surface area contributed by atoms with Crippen molar-refractivity contribution >= 4 is 0 Å². The maximum atomic E-state index is 9.87. The third-order valence-corrected chi connectivity index (χ3v) is 3.12. The fourth-order valence-corrected chi connectivity index (χ4v) is 2.12. The van der Waals surface area contributed by atoms with Crippen LogP contribution in [0.15, 0.2) is 24.3 Å². The molecule has 3 atom stereocenters. The Morgan fingerprint density at radius 3 is 2.89 bits per heavy atom. The molecule has 0 fully saturated rings. The molecule has 104 valence electrons. The molecule has 18 heavy (non-hydrogen) atoms. The van der Waals surface area contributed by atoms with Gasteiger partial charge in [0, 0.05) is 13.2 Å². The maximum Gasteiger partial charge on any atom is 0.169 e. The van der Waals surface area contributed by atoms with Crippen LogP contribution < -0.4 is 5.32 Å². The van der Waals surface area contributed by atoms with E-state index in [4.69, 9.17) is 9.84 Å². The summed E-state index contributed by atoms with van der Waals surface area (Å²) >= 11 is 0. The highest BCUT2D eigenvalue weighted by molar-refractivity contribution is 5.10. The van der Waals surface area contributed by atoms with Gasteiger partial charge < -0.3 is 20.3 Å². The van der Waals surface area contributed by atoms with Crippen LogP contribution in [0.1, 0.15) is 26.2 Å². The smallest absolute Gasteiger partial charge is 0.169 e. The minimum absolute atomic E-state index is 0.0708. The van der Waals surface area contributed by atoms with Crippen molar-refractivity contribution in [3.05, 3.63) is 24.3 Å². The molecular formula is C14H25NO3. The number of rotatable bonds is 9. The number of allylic oxidation sites excluding steroid dienone is 4. The summed E-state index contributed by atoms with van der Waals surface area (Å²) in [4.78, 5) is 0. The Morgan fingerprint density at radius 1 is 1.44 bits per heavy atom. The van der Waals surface area contributed by atoms with E-state index in [0.717, 1.165) is 19.3 Å². The number of hydrogen-bond acceptors (Lipinski definition) is 4. The van der Waals surface area contributed by atoms with Gasteiger partial charge in [0.15, 0.2) is 6.29 Å². The van der Waals surface area contributed by atoms with Gasteiger partial charge in [-0.1, -0.05) is 24.3 Å². The zero-order chi connectivity index (χ0) is 13.2. The summed E-state index contributed by atoms with van der Waals surface area (Å²) in [6, 6.07) is -0.114. The normalized spacial score (nSPS) is 22.1. The van der Waals surface area contributed by atoms with Gasteiger partial charge in [0.25, 0.3) is 0 Å². The van der Waals surface area contributed by atoms with Gasteiger partial charge in [0.05, 0.1) is 12.6 Å². The Hall–Kier alpha value is -0.680. The molecule has 0 saturated carbocycles. The lowest BCUT2D eigenvalue weighted by molar-refractivity contribution is -0.118. The molecule has 4 heteroatoms. The number of nitrogens with one attached hydrogen (secondary N) is 1. The monoisotopic (exact) mass is 255 g/mol. The molecule has 0 radical (unpaired) electrons. The van der Waals surface area contributed by atoms with Crippen molar-refractivity contribution in [1.29, 1.82) is 0 Å². The molecule has 1 aliphatic rings. The number of hydrogen-bond donors (Lipinski definition) is 3. The van der Waals surface area contributed by atoms with E-state index in [9.17, 15) is 5.11 Å². The van der Waals surface area contributed by atoms with Crippen LogP contribution in [0.25, 0.3) is 0 Å². The average molecular weight is 255 g/mol. The van der Waals surface area contributed by atoms with Crippen LogP contribution in [0.2, 0.25) is 0 Å². The molecule has 1 rings (SSSR count). The van der Waals surface area contributed by atoms with Crippen LogP contribution in [-0.4, -0.2) is 42.3 Å². The van der Waals surface area contributed by atoms with E-state index in [1.807, 2.05) is 6.92 Å². The number of aliphatic hydroxyl groups excluding tert-OH is 2. The Balaban J connectivity index is 2.34. The number of aliphatic hydroxyl groups is 2. The molecular weight excluding hydrogens is 230 g/mol. The second kappa shape index (κ2) is 9.28. The summed E-state index contributed by atoms with van der Waals surface area (Å²) in [6.07, 6.45) is 10.6. The van der Waals surface area contributed by atoms with Gasteiger partial charge >= 0.3 is 0 Å². The van der Waals surface area contributed by atoms with E-state index >= 15 is 0 Å². The van der Waals surface area contributed by atoms with Gasteiger partial charge in [-0.3, -0.25) is 0 Å². The van der Waals surface area contributed by atoms with Crippen molar-refractivity contribution in [2.24, 2.45) is 5.92 Å². The van der Waals surface area contributed by atoms with Gasteiger partial charge in [0.1, 0.15) is 0 Å². The van der Waals surface area contributed by atoms with Crippen LogP contribution in [0.5, 0.6) is 0 Å². The fourth-order valence-electron chi connectivity index (χ4n) is 2.12. The van der Waals surface area contributed by atoms with E-state index in [0.29, 0.717) is 19.1 Å². The SMILES string of the molecule is CCOC(O)[C@H](CC[C@H]1C=CC=CC1)NCCO. The highest BCUT2D eigenvalue weighted by Crippen LogP contribution is 2.19. The summed E-state index contributed by atoms with van der Waals surface area (Å²) in [5.74, 6) is 0.544. The van der Waals surface area contributed by atoms with Crippen LogP contribution in [-0.2, 0) is 4.74 Å². The van der Waals surface area contributed by atoms with Crippen molar-refractivity contribution in [3.63, 3.8) is 0 Å². The Bertz CT molecular complexity index is 266. The first-order valence-corrected chi connectivity index (χ1v) is 6.75.